The van der Waals surface area contributed by atoms with Gasteiger partial charge in [0.25, 0.3) is 0 Å². The molecule has 0 unspecified atom stereocenters. The molecule has 0 N–H and O–H groups in total. The fraction of sp³-hybridized carbons (Fsp3) is 0. The third-order valence-corrected chi connectivity index (χ3v) is 19.3. The maximum Gasteiger partial charge on any atom is 7.00 e. The first-order chi connectivity index (χ1) is 29.4. The molecule has 0 radical (unpaired) electrons. The monoisotopic (exact) mass is 1430 g/mol. The molecule has 9 aromatic carbocycles. The fourth-order valence-electron chi connectivity index (χ4n) is 7.08. The van der Waals surface area contributed by atoms with Gasteiger partial charge in [-0.25, -0.2) is 0 Å². The predicted octanol–water partition coefficient (Wildman–Crippen LogP) is 8.79. The maximum absolute atomic E-state index is 13.8. The van der Waals surface area contributed by atoms with E-state index in [1.165, 1.54) is 0 Å². The Morgan fingerprint density at radius 3 is 0.301 bits per heavy atom. The third kappa shape index (κ3) is 19.7. The predicted molar refractivity (Wildman–Crippen MR) is 264 cm³/mol. The van der Waals surface area contributed by atoms with Gasteiger partial charge in [0.1, 0.15) is 0 Å². The van der Waals surface area contributed by atoms with Gasteiger partial charge < -0.3 is 68.5 Å². The van der Waals surface area contributed by atoms with Crippen LogP contribution in [0.15, 0.2) is 273 Å². The van der Waals surface area contributed by atoms with Gasteiger partial charge >= 0.3 is 40.2 Å². The fourth-order valence-corrected chi connectivity index (χ4v) is 15.1. The summed E-state index contributed by atoms with van der Waals surface area (Å²) in [5, 5.41) is 7.85. The van der Waals surface area contributed by atoms with Gasteiger partial charge in [-0.1, -0.05) is 273 Å². The summed E-state index contributed by atoms with van der Waals surface area (Å²) in [6, 6.07) is 87.4. The van der Waals surface area contributed by atoms with Crippen molar-refractivity contribution in [3.63, 3.8) is 0 Å². The van der Waals surface area contributed by atoms with Gasteiger partial charge in [-0.15, -0.1) is 0 Å². The van der Waals surface area contributed by atoms with Crippen LogP contribution in [0.4, 0.5) is 0 Å². The average molecular weight is 1430 g/mol. The van der Waals surface area contributed by atoms with Crippen LogP contribution in [0.2, 0.25) is 0 Å². The zero-order valence-electron chi connectivity index (χ0n) is 38.4. The van der Waals surface area contributed by atoms with E-state index >= 15 is 0 Å². The quantitative estimate of drug-likeness (QED) is 0.128. The molecule has 378 valence electrons. The molecule has 0 aliphatic heterocycles. The van der Waals surface area contributed by atoms with Crippen molar-refractivity contribution in [1.82, 2.24) is 0 Å². The van der Waals surface area contributed by atoms with Crippen molar-refractivity contribution in [2.45, 2.75) is 0 Å². The Labute approximate surface area is 477 Å². The summed E-state index contributed by atoms with van der Waals surface area (Å²) >= 11 is 0. The SMILES string of the molecule is O=P(c1ccccc1)(c1ccccc1)c1ccccc1.O=P(c1ccccc1)(c1ccccc1)c1ccccc1.O=P(c1ccccc1)(c1ccccc1)c1ccccc1.[O-2].[O-2].[O-2].[O-2].[O-2].[O-2].[O-2].[O-2].[O-2].[O-2].[Tc+7].[Tc+7].[U]. The van der Waals surface area contributed by atoms with E-state index in [0.717, 1.165) is 47.7 Å². The zero-order valence-corrected chi connectivity index (χ0v) is 48.9. The average Bonchev–Trinajstić information content (AvgIpc) is 3.36. The van der Waals surface area contributed by atoms with Crippen LogP contribution in [0.3, 0.4) is 0 Å². The minimum atomic E-state index is -2.78. The minimum absolute atomic E-state index is 0. The van der Waals surface area contributed by atoms with E-state index in [9.17, 15) is 13.7 Å². The van der Waals surface area contributed by atoms with Crippen LogP contribution in [0.1, 0.15) is 0 Å². The second-order valence-electron chi connectivity index (χ2n) is 13.8. The number of hydrogen-bond donors (Lipinski definition) is 0. The topological polar surface area (TPSA) is 336 Å². The van der Waals surface area contributed by atoms with Crippen molar-refractivity contribution < 1.29 is 140 Å². The van der Waals surface area contributed by atoms with Gasteiger partial charge in [0.05, 0.1) is 0 Å². The summed E-state index contributed by atoms with van der Waals surface area (Å²) in [7, 11) is -8.33. The molecule has 9 aromatic rings. The van der Waals surface area contributed by atoms with E-state index in [4.69, 9.17) is 0 Å². The molecule has 0 aliphatic carbocycles. The normalized spacial score (nSPS) is 9.21. The summed E-state index contributed by atoms with van der Waals surface area (Å²) in [5.74, 6) is 0. The Morgan fingerprint density at radius 1 is 0.164 bits per heavy atom. The molecule has 0 bridgehead atoms. The number of rotatable bonds is 9. The Bertz CT molecular complexity index is 2220. The van der Waals surface area contributed by atoms with Crippen LogP contribution in [-0.4, -0.2) is 0 Å². The molecule has 0 heterocycles. The molecule has 13 nitrogen and oxygen atoms in total. The van der Waals surface area contributed by atoms with Gasteiger partial charge in [-0.3, -0.25) is 0 Å². The van der Waals surface area contributed by atoms with Crippen LogP contribution in [0.25, 0.3) is 0 Å². The maximum atomic E-state index is 13.8. The molecule has 9 rings (SSSR count). The van der Waals surface area contributed by atoms with Crippen molar-refractivity contribution >= 4 is 69.2 Å². The first kappa shape index (κ1) is 82.6. The van der Waals surface area contributed by atoms with Crippen LogP contribution in [-0.2, 0) is 109 Å². The van der Waals surface area contributed by atoms with Crippen molar-refractivity contribution in [2.75, 3.05) is 0 Å². The molecule has 0 amide bonds. The van der Waals surface area contributed by atoms with Crippen LogP contribution < -0.4 is 47.7 Å². The molecule has 0 atom stereocenters. The first-order valence-corrected chi connectivity index (χ1v) is 24.9. The van der Waals surface area contributed by atoms with Gasteiger partial charge in [-0.05, 0) is 0 Å². The van der Waals surface area contributed by atoms with Crippen molar-refractivity contribution in [3.8, 4) is 0 Å². The molecule has 0 aromatic heterocycles. The van der Waals surface area contributed by atoms with E-state index in [-0.39, 0.29) is 126 Å². The van der Waals surface area contributed by atoms with Gasteiger partial charge in [-0.2, -0.15) is 0 Å². The summed E-state index contributed by atoms with van der Waals surface area (Å²) in [6.45, 7) is 0. The summed E-state index contributed by atoms with van der Waals surface area (Å²) in [5.41, 5.74) is 0. The minimum Gasteiger partial charge on any atom is -2.00 e. The molecule has 73 heavy (non-hydrogen) atoms. The Hall–Kier alpha value is -4.38. The third-order valence-electron chi connectivity index (χ3n) is 10.1. The molecular formula is C54H45O13P3Tc2U-6. The molecule has 0 saturated heterocycles. The standard InChI is InChI=1S/3C18H15OP.10O.2Tc.U/c3*19-20(16-10-4-1-5-11-16,17-12-6-2-7-13-17)18-14-8-3-9-15-18;;;;;;;;;;;;;/h3*1-15H;;;;;;;;;;;;;/q;;;10*-2;2*+7;. The van der Waals surface area contributed by atoms with Crippen LogP contribution >= 0.6 is 21.4 Å². The van der Waals surface area contributed by atoms with Gasteiger partial charge in [0, 0.05) is 78.9 Å². The van der Waals surface area contributed by atoms with E-state index in [2.05, 4.69) is 0 Å². The van der Waals surface area contributed by atoms with E-state index in [0.29, 0.717) is 0 Å². The smallest absolute Gasteiger partial charge is 2.00 e. The van der Waals surface area contributed by atoms with Gasteiger partial charge in [0.2, 0.25) is 0 Å². The molecule has 0 saturated carbocycles. The Balaban J connectivity index is -0.000000164. The molecule has 0 fully saturated rings. The Kier molecular flexibility index (Phi) is 46.3. The number of hydrogen-bond acceptors (Lipinski definition) is 3. The first-order valence-electron chi connectivity index (χ1n) is 19.8. The number of benzene rings is 9. The van der Waals surface area contributed by atoms with Crippen molar-refractivity contribution in [1.29, 1.82) is 0 Å². The molecule has 0 aliphatic rings. The molecule has 19 heteroatoms. The van der Waals surface area contributed by atoms with Crippen LogP contribution in [0.5, 0.6) is 0 Å². The van der Waals surface area contributed by atoms with E-state index < -0.39 is 21.4 Å². The van der Waals surface area contributed by atoms with E-state index in [1.54, 1.807) is 0 Å². The zero-order chi connectivity index (χ0) is 41.5. The van der Waals surface area contributed by atoms with Crippen molar-refractivity contribution in [3.05, 3.63) is 273 Å². The summed E-state index contributed by atoms with van der Waals surface area (Å²) < 4.78 is 41.5. The largest absolute Gasteiger partial charge is 7.00 e. The van der Waals surface area contributed by atoms with Crippen LogP contribution in [0, 0.1) is 31.1 Å². The van der Waals surface area contributed by atoms with Gasteiger partial charge in [0.15, 0.2) is 21.4 Å². The second-order valence-corrected chi connectivity index (χ2v) is 22.2. The molecular weight excluding hydrogens is 1380 g/mol. The second kappa shape index (κ2) is 40.9. The Morgan fingerprint density at radius 2 is 0.233 bits per heavy atom. The summed E-state index contributed by atoms with van der Waals surface area (Å²) in [4.78, 5) is 0. The van der Waals surface area contributed by atoms with Crippen molar-refractivity contribution in [2.24, 2.45) is 0 Å². The molecule has 0 spiro atoms. The summed E-state index contributed by atoms with van der Waals surface area (Å²) in [6.07, 6.45) is 0. The van der Waals surface area contributed by atoms with E-state index in [1.807, 2.05) is 273 Å².